The smallest absolute Gasteiger partial charge is 0.405 e. The largest absolute Gasteiger partial charge is 0.573 e. The van der Waals surface area contributed by atoms with E-state index in [-0.39, 0.29) is 24.1 Å². The molecule has 0 aliphatic heterocycles. The molecule has 1 heterocycles. The molecule has 1 amide bonds. The van der Waals surface area contributed by atoms with Gasteiger partial charge in [0.2, 0.25) is 0 Å². The number of nitrogens with one attached hydrogen (secondary N) is 2. The highest BCUT2D eigenvalue weighted by atomic mass is 19.4. The van der Waals surface area contributed by atoms with E-state index in [1.165, 1.54) is 12.1 Å². The molecule has 0 aliphatic carbocycles. The van der Waals surface area contributed by atoms with Gasteiger partial charge in [-0.05, 0) is 53.4 Å². The first kappa shape index (κ1) is 26.1. The standard InChI is InChI=1S/C26H21F6N3O2/c27-25(28,29)18-5-3-4-15(10-18)16-8-9-23(37-26(30,31)32)21(12-16)24(36)35-19(13-33)11-17-14-34-22-7-2-1-6-20(17)22/h1-10,12,14,19,34H,11,13,33H2,(H,35,36). The summed E-state index contributed by atoms with van der Waals surface area (Å²) >= 11 is 0. The van der Waals surface area contributed by atoms with Crippen LogP contribution in [0.1, 0.15) is 21.5 Å². The lowest BCUT2D eigenvalue weighted by atomic mass is 9.99. The highest BCUT2D eigenvalue weighted by molar-refractivity contribution is 5.98. The van der Waals surface area contributed by atoms with E-state index in [0.717, 1.165) is 46.8 Å². The summed E-state index contributed by atoms with van der Waals surface area (Å²) < 4.78 is 82.5. The third kappa shape index (κ3) is 6.23. The van der Waals surface area contributed by atoms with Crippen LogP contribution >= 0.6 is 0 Å². The number of benzene rings is 3. The number of ether oxygens (including phenoxy) is 1. The number of hydrogen-bond acceptors (Lipinski definition) is 3. The van der Waals surface area contributed by atoms with Crippen LogP contribution in [0.25, 0.3) is 22.0 Å². The molecule has 3 aromatic carbocycles. The molecule has 4 aromatic rings. The van der Waals surface area contributed by atoms with Crippen molar-refractivity contribution in [2.45, 2.75) is 25.0 Å². The van der Waals surface area contributed by atoms with E-state index < -0.39 is 41.4 Å². The van der Waals surface area contributed by atoms with Crippen molar-refractivity contribution >= 4 is 16.8 Å². The maximum atomic E-state index is 13.2. The van der Waals surface area contributed by atoms with Crippen LogP contribution in [0.5, 0.6) is 5.75 Å². The van der Waals surface area contributed by atoms with E-state index in [2.05, 4.69) is 15.0 Å². The summed E-state index contributed by atoms with van der Waals surface area (Å²) in [6.07, 6.45) is -7.67. The van der Waals surface area contributed by atoms with Crippen molar-refractivity contribution in [2.75, 3.05) is 6.54 Å². The summed E-state index contributed by atoms with van der Waals surface area (Å²) in [4.78, 5) is 16.2. The van der Waals surface area contributed by atoms with Gasteiger partial charge in [-0.1, -0.05) is 36.4 Å². The molecule has 1 unspecified atom stereocenters. The number of H-pyrrole nitrogens is 1. The molecule has 0 fully saturated rings. The molecule has 5 nitrogen and oxygen atoms in total. The molecule has 0 spiro atoms. The predicted octanol–water partition coefficient (Wildman–Crippen LogP) is 6.05. The lowest BCUT2D eigenvalue weighted by Crippen LogP contribution is -2.42. The van der Waals surface area contributed by atoms with Crippen LogP contribution in [0.4, 0.5) is 26.3 Å². The van der Waals surface area contributed by atoms with Gasteiger partial charge in [0, 0.05) is 29.7 Å². The molecule has 1 aromatic heterocycles. The number of alkyl halides is 6. The van der Waals surface area contributed by atoms with Crippen molar-refractivity contribution in [3.8, 4) is 16.9 Å². The summed E-state index contributed by atoms with van der Waals surface area (Å²) in [6.45, 7) is -0.0198. The van der Waals surface area contributed by atoms with E-state index in [1.54, 1.807) is 6.20 Å². The Bertz CT molecular complexity index is 1410. The zero-order chi connectivity index (χ0) is 26.8. The Morgan fingerprint density at radius 2 is 1.68 bits per heavy atom. The molecular formula is C26H21F6N3O2. The molecule has 0 radical (unpaired) electrons. The van der Waals surface area contributed by atoms with Crippen molar-refractivity contribution in [1.82, 2.24) is 10.3 Å². The lowest BCUT2D eigenvalue weighted by Gasteiger charge is -2.19. The van der Waals surface area contributed by atoms with Crippen LogP contribution in [0, 0.1) is 0 Å². The van der Waals surface area contributed by atoms with Crippen LogP contribution in [-0.2, 0) is 12.6 Å². The number of rotatable bonds is 7. The first-order chi connectivity index (χ1) is 17.4. The van der Waals surface area contributed by atoms with Crippen molar-refractivity contribution in [2.24, 2.45) is 5.73 Å². The maximum Gasteiger partial charge on any atom is 0.573 e. The summed E-state index contributed by atoms with van der Waals surface area (Å²) in [6, 6.07) is 14.2. The first-order valence-electron chi connectivity index (χ1n) is 11.1. The Balaban J connectivity index is 1.65. The number of carbonyl (C=O) groups excluding carboxylic acids is 1. The molecule has 194 valence electrons. The predicted molar refractivity (Wildman–Crippen MR) is 126 cm³/mol. The van der Waals surface area contributed by atoms with Crippen LogP contribution in [0.15, 0.2) is 72.9 Å². The molecule has 4 rings (SSSR count). The van der Waals surface area contributed by atoms with Crippen LogP contribution in [0.3, 0.4) is 0 Å². The number of hydrogen-bond donors (Lipinski definition) is 3. The van der Waals surface area contributed by atoms with Crippen LogP contribution < -0.4 is 15.8 Å². The number of fused-ring (bicyclic) bond motifs is 1. The first-order valence-corrected chi connectivity index (χ1v) is 11.1. The molecule has 0 bridgehead atoms. The second-order valence-corrected chi connectivity index (χ2v) is 8.31. The van der Waals surface area contributed by atoms with Gasteiger partial charge < -0.3 is 20.8 Å². The fraction of sp³-hybridized carbons (Fsp3) is 0.192. The Morgan fingerprint density at radius 1 is 0.946 bits per heavy atom. The lowest BCUT2D eigenvalue weighted by molar-refractivity contribution is -0.274. The highest BCUT2D eigenvalue weighted by Crippen LogP contribution is 2.35. The topological polar surface area (TPSA) is 80.1 Å². The molecule has 1 atom stereocenters. The van der Waals surface area contributed by atoms with Gasteiger partial charge in [-0.2, -0.15) is 13.2 Å². The third-order valence-electron chi connectivity index (χ3n) is 5.73. The van der Waals surface area contributed by atoms with Crippen molar-refractivity contribution in [3.63, 3.8) is 0 Å². The SMILES string of the molecule is NCC(Cc1c[nH]c2ccccc12)NC(=O)c1cc(-c2cccc(C(F)(F)F)c2)ccc1OC(F)(F)F. The monoisotopic (exact) mass is 521 g/mol. The molecule has 4 N–H and O–H groups in total. The summed E-state index contributed by atoms with van der Waals surface area (Å²) in [7, 11) is 0. The van der Waals surface area contributed by atoms with E-state index >= 15 is 0 Å². The average Bonchev–Trinajstić information content (AvgIpc) is 3.25. The number of halogens is 6. The summed E-state index contributed by atoms with van der Waals surface area (Å²) in [5.74, 6) is -1.70. The molecule has 11 heteroatoms. The average molecular weight is 521 g/mol. The van der Waals surface area contributed by atoms with Gasteiger partial charge in [0.1, 0.15) is 5.75 Å². The Hall–Kier alpha value is -3.99. The van der Waals surface area contributed by atoms with Gasteiger partial charge >= 0.3 is 12.5 Å². The number of aromatic amines is 1. The Morgan fingerprint density at radius 3 is 2.38 bits per heavy atom. The van der Waals surface area contributed by atoms with Gasteiger partial charge in [-0.25, -0.2) is 0 Å². The third-order valence-corrected chi connectivity index (χ3v) is 5.73. The Kier molecular flexibility index (Phi) is 7.17. The van der Waals surface area contributed by atoms with Gasteiger partial charge in [0.05, 0.1) is 11.1 Å². The summed E-state index contributed by atoms with van der Waals surface area (Å²) in [5.41, 5.74) is 6.29. The molecule has 0 aliphatic rings. The van der Waals surface area contributed by atoms with Crippen molar-refractivity contribution in [1.29, 1.82) is 0 Å². The van der Waals surface area contributed by atoms with Gasteiger partial charge in [-0.3, -0.25) is 4.79 Å². The van der Waals surface area contributed by atoms with Crippen LogP contribution in [-0.4, -0.2) is 29.8 Å². The minimum atomic E-state index is -5.09. The van der Waals surface area contributed by atoms with Gasteiger partial charge in [-0.15, -0.1) is 13.2 Å². The molecular weight excluding hydrogens is 500 g/mol. The number of nitrogens with two attached hydrogens (primary N) is 1. The second kappa shape index (κ2) is 10.2. The van der Waals surface area contributed by atoms with Gasteiger partial charge in [0.15, 0.2) is 0 Å². The highest BCUT2D eigenvalue weighted by Gasteiger charge is 2.34. The van der Waals surface area contributed by atoms with Gasteiger partial charge in [0.25, 0.3) is 5.91 Å². The zero-order valence-corrected chi connectivity index (χ0v) is 19.1. The fourth-order valence-corrected chi connectivity index (χ4v) is 4.00. The van der Waals surface area contributed by atoms with E-state index in [9.17, 15) is 31.1 Å². The minimum absolute atomic E-state index is 0.0198. The van der Waals surface area contributed by atoms with Crippen molar-refractivity contribution < 1.29 is 35.9 Å². The molecule has 0 saturated carbocycles. The second-order valence-electron chi connectivity index (χ2n) is 8.31. The normalized spacial score (nSPS) is 12.9. The van der Waals surface area contributed by atoms with E-state index in [4.69, 9.17) is 5.73 Å². The van der Waals surface area contributed by atoms with Crippen molar-refractivity contribution in [3.05, 3.63) is 89.6 Å². The summed E-state index contributed by atoms with van der Waals surface area (Å²) in [5, 5.41) is 3.53. The number of aromatic nitrogens is 1. The van der Waals surface area contributed by atoms with E-state index in [1.807, 2.05) is 24.3 Å². The fourth-order valence-electron chi connectivity index (χ4n) is 4.00. The quantitative estimate of drug-likeness (QED) is 0.259. The number of para-hydroxylation sites is 1. The van der Waals surface area contributed by atoms with E-state index in [0.29, 0.717) is 0 Å². The zero-order valence-electron chi connectivity index (χ0n) is 19.1. The molecule has 37 heavy (non-hydrogen) atoms. The Labute approximate surface area is 207 Å². The number of carbonyl (C=O) groups is 1. The minimum Gasteiger partial charge on any atom is -0.405 e. The molecule has 0 saturated heterocycles. The van der Waals surface area contributed by atoms with Crippen LogP contribution in [0.2, 0.25) is 0 Å². The number of amides is 1. The maximum absolute atomic E-state index is 13.2.